The fraction of sp³-hybridized carbons (Fsp3) is 0.429. The second kappa shape index (κ2) is 7.11. The van der Waals surface area contributed by atoms with Gasteiger partial charge in [-0.25, -0.2) is 22.7 Å². The van der Waals surface area contributed by atoms with Gasteiger partial charge in [0.05, 0.1) is 0 Å². The van der Waals surface area contributed by atoms with Gasteiger partial charge in [-0.15, -0.1) is 0 Å². The fourth-order valence-corrected chi connectivity index (χ4v) is 6.33. The lowest BCUT2D eigenvalue weighted by atomic mass is 9.90. The molecule has 5 rings (SSSR count). The predicted octanol–water partition coefficient (Wildman–Crippen LogP) is 2.66. The standard InChI is InChI=1S/C21H25N5O2S/c1-15-4-8-22-20(11-15)25-13-17(14-25)29(27,28)26-9-5-16(6-10-26)19-12-24-21-18(19)3-2-7-23-21/h2-4,7-8,11-12,16-17H,5-6,9-10,13-14H2,1H3,(H,23,24). The van der Waals surface area contributed by atoms with Crippen LogP contribution < -0.4 is 4.90 Å². The Balaban J connectivity index is 1.23. The van der Waals surface area contributed by atoms with Crippen LogP contribution in [0.3, 0.4) is 0 Å². The molecule has 8 heteroatoms. The minimum Gasteiger partial charge on any atom is -0.354 e. The highest BCUT2D eigenvalue weighted by Crippen LogP contribution is 2.35. The van der Waals surface area contributed by atoms with Gasteiger partial charge in [0.15, 0.2) is 0 Å². The van der Waals surface area contributed by atoms with Crippen LogP contribution >= 0.6 is 0 Å². The first kappa shape index (κ1) is 18.6. The number of rotatable bonds is 4. The van der Waals surface area contributed by atoms with Crippen molar-refractivity contribution in [2.75, 3.05) is 31.1 Å². The average Bonchev–Trinajstić information content (AvgIpc) is 3.11. The van der Waals surface area contributed by atoms with Crippen LogP contribution in [0.5, 0.6) is 0 Å². The molecule has 0 aliphatic carbocycles. The van der Waals surface area contributed by atoms with Gasteiger partial charge in [0.1, 0.15) is 16.7 Å². The van der Waals surface area contributed by atoms with E-state index < -0.39 is 10.0 Å². The molecule has 1 N–H and O–H groups in total. The number of hydrogen-bond acceptors (Lipinski definition) is 5. The molecule has 2 aliphatic rings. The summed E-state index contributed by atoms with van der Waals surface area (Å²) in [6, 6.07) is 7.99. The Morgan fingerprint density at radius 2 is 1.90 bits per heavy atom. The lowest BCUT2D eigenvalue weighted by Crippen LogP contribution is -2.59. The molecule has 3 aromatic heterocycles. The van der Waals surface area contributed by atoms with Crippen LogP contribution in [0.1, 0.15) is 29.9 Å². The van der Waals surface area contributed by atoms with Gasteiger partial charge in [0.2, 0.25) is 10.0 Å². The maximum absolute atomic E-state index is 13.1. The van der Waals surface area contributed by atoms with Gasteiger partial charge in [0, 0.05) is 50.2 Å². The third kappa shape index (κ3) is 3.30. The first-order chi connectivity index (χ1) is 14.0. The van der Waals surface area contributed by atoms with Gasteiger partial charge in [-0.3, -0.25) is 0 Å². The van der Waals surface area contributed by atoms with Gasteiger partial charge in [-0.2, -0.15) is 0 Å². The van der Waals surface area contributed by atoms with Gasteiger partial charge < -0.3 is 9.88 Å². The highest BCUT2D eigenvalue weighted by molar-refractivity contribution is 7.89. The Morgan fingerprint density at radius 3 is 2.66 bits per heavy atom. The van der Waals surface area contributed by atoms with Crippen LogP contribution in [0.15, 0.2) is 42.9 Å². The monoisotopic (exact) mass is 411 g/mol. The molecule has 0 atom stereocenters. The molecule has 2 saturated heterocycles. The third-order valence-corrected chi connectivity index (χ3v) is 8.46. The molecule has 0 amide bonds. The summed E-state index contributed by atoms with van der Waals surface area (Å²) in [5, 5.41) is 0.813. The SMILES string of the molecule is Cc1ccnc(N2CC(S(=O)(=O)N3CCC(c4c[nH]c5ncccc45)CC3)C2)c1. The number of fused-ring (bicyclic) bond motifs is 1. The number of aryl methyl sites for hydroxylation is 1. The molecule has 2 fully saturated rings. The number of aromatic amines is 1. The normalized spacial score (nSPS) is 19.6. The number of nitrogens with one attached hydrogen (secondary N) is 1. The van der Waals surface area contributed by atoms with Gasteiger partial charge in [0.25, 0.3) is 0 Å². The van der Waals surface area contributed by atoms with E-state index in [2.05, 4.69) is 21.0 Å². The summed E-state index contributed by atoms with van der Waals surface area (Å²) >= 11 is 0. The van der Waals surface area contributed by atoms with Crippen LogP contribution in [0.25, 0.3) is 11.0 Å². The van der Waals surface area contributed by atoms with Crippen molar-refractivity contribution in [2.45, 2.75) is 30.9 Å². The zero-order chi connectivity index (χ0) is 20.0. The van der Waals surface area contributed by atoms with Gasteiger partial charge in [-0.05, 0) is 61.1 Å². The molecule has 152 valence electrons. The lowest BCUT2D eigenvalue weighted by Gasteiger charge is -2.43. The molecular weight excluding hydrogens is 386 g/mol. The second-order valence-electron chi connectivity index (χ2n) is 8.08. The molecule has 5 heterocycles. The molecule has 29 heavy (non-hydrogen) atoms. The van der Waals surface area contributed by atoms with E-state index in [1.807, 2.05) is 36.2 Å². The molecule has 0 saturated carbocycles. The summed E-state index contributed by atoms with van der Waals surface area (Å²) in [6.45, 7) is 4.23. The van der Waals surface area contributed by atoms with Crippen molar-refractivity contribution in [3.8, 4) is 0 Å². The van der Waals surface area contributed by atoms with E-state index in [0.29, 0.717) is 32.1 Å². The summed E-state index contributed by atoms with van der Waals surface area (Å²) < 4.78 is 27.9. The summed E-state index contributed by atoms with van der Waals surface area (Å²) in [5.41, 5.74) is 3.29. The maximum atomic E-state index is 13.1. The van der Waals surface area contributed by atoms with Crippen molar-refractivity contribution in [1.82, 2.24) is 19.3 Å². The largest absolute Gasteiger partial charge is 0.354 e. The van der Waals surface area contributed by atoms with Crippen LogP contribution in [-0.2, 0) is 10.0 Å². The summed E-state index contributed by atoms with van der Waals surface area (Å²) in [7, 11) is -3.27. The van der Waals surface area contributed by atoms with Crippen molar-refractivity contribution in [3.63, 3.8) is 0 Å². The first-order valence-electron chi connectivity index (χ1n) is 10.1. The molecule has 0 radical (unpaired) electrons. The highest BCUT2D eigenvalue weighted by Gasteiger charge is 2.42. The molecule has 7 nitrogen and oxygen atoms in total. The summed E-state index contributed by atoms with van der Waals surface area (Å²) in [4.78, 5) is 14.0. The quantitative estimate of drug-likeness (QED) is 0.714. The number of hydrogen-bond donors (Lipinski definition) is 1. The Hall–Kier alpha value is -2.45. The Morgan fingerprint density at radius 1 is 1.10 bits per heavy atom. The molecule has 2 aliphatic heterocycles. The Labute approximate surface area is 170 Å². The van der Waals surface area contributed by atoms with Crippen molar-refractivity contribution < 1.29 is 8.42 Å². The number of piperidine rings is 1. The van der Waals surface area contributed by atoms with Crippen LogP contribution in [0.4, 0.5) is 5.82 Å². The number of pyridine rings is 2. The fourth-order valence-electron chi connectivity index (χ4n) is 4.45. The van der Waals surface area contributed by atoms with Crippen molar-refractivity contribution in [1.29, 1.82) is 0 Å². The minimum absolute atomic E-state index is 0.335. The molecule has 0 aromatic carbocycles. The zero-order valence-electron chi connectivity index (χ0n) is 16.5. The van der Waals surface area contributed by atoms with E-state index in [9.17, 15) is 8.42 Å². The van der Waals surface area contributed by atoms with E-state index in [-0.39, 0.29) is 5.25 Å². The van der Waals surface area contributed by atoms with E-state index in [1.54, 1.807) is 16.7 Å². The topological polar surface area (TPSA) is 82.2 Å². The Kier molecular flexibility index (Phi) is 4.55. The van der Waals surface area contributed by atoms with Crippen molar-refractivity contribution in [2.24, 2.45) is 0 Å². The van der Waals surface area contributed by atoms with Crippen molar-refractivity contribution in [3.05, 3.63) is 54.0 Å². The van der Waals surface area contributed by atoms with E-state index in [1.165, 1.54) is 5.56 Å². The van der Waals surface area contributed by atoms with Crippen LogP contribution in [0.2, 0.25) is 0 Å². The summed E-state index contributed by atoms with van der Waals surface area (Å²) in [6.07, 6.45) is 7.28. The number of aromatic nitrogens is 3. The van der Waals surface area contributed by atoms with E-state index in [4.69, 9.17) is 0 Å². The number of sulfonamides is 1. The van der Waals surface area contributed by atoms with Gasteiger partial charge >= 0.3 is 0 Å². The van der Waals surface area contributed by atoms with Crippen molar-refractivity contribution >= 4 is 26.9 Å². The van der Waals surface area contributed by atoms with Gasteiger partial charge in [-0.1, -0.05) is 0 Å². The second-order valence-corrected chi connectivity index (χ2v) is 10.3. The Bertz CT molecular complexity index is 1130. The van der Waals surface area contributed by atoms with Crippen LogP contribution in [-0.4, -0.2) is 59.1 Å². The smallest absolute Gasteiger partial charge is 0.220 e. The third-order valence-electron chi connectivity index (χ3n) is 6.23. The highest BCUT2D eigenvalue weighted by atomic mass is 32.2. The maximum Gasteiger partial charge on any atom is 0.220 e. The number of nitrogens with zero attached hydrogens (tertiary/aromatic N) is 4. The molecule has 0 bridgehead atoms. The zero-order valence-corrected chi connectivity index (χ0v) is 17.3. The minimum atomic E-state index is -3.27. The first-order valence-corrected chi connectivity index (χ1v) is 11.6. The van der Waals surface area contributed by atoms with E-state index >= 15 is 0 Å². The number of anilines is 1. The molecule has 3 aromatic rings. The van der Waals surface area contributed by atoms with E-state index in [0.717, 1.165) is 35.3 Å². The average molecular weight is 412 g/mol. The predicted molar refractivity (Wildman–Crippen MR) is 114 cm³/mol. The number of H-pyrrole nitrogens is 1. The molecular formula is C21H25N5O2S. The molecule has 0 unspecified atom stereocenters. The lowest BCUT2D eigenvalue weighted by molar-refractivity contribution is 0.313. The summed E-state index contributed by atoms with van der Waals surface area (Å²) in [5.74, 6) is 1.23. The van der Waals surface area contributed by atoms with Crippen LogP contribution in [0, 0.1) is 6.92 Å². The molecule has 0 spiro atoms.